The van der Waals surface area contributed by atoms with Crippen LogP contribution in [0.5, 0.6) is 0 Å². The summed E-state index contributed by atoms with van der Waals surface area (Å²) in [6.07, 6.45) is 0. The molecule has 4 nitrogen and oxygen atoms in total. The molecule has 26 heavy (non-hydrogen) atoms. The lowest BCUT2D eigenvalue weighted by atomic mass is 10.1. The van der Waals surface area contributed by atoms with Crippen molar-refractivity contribution < 1.29 is 4.79 Å². The second kappa shape index (κ2) is 9.28. The predicted octanol–water partition coefficient (Wildman–Crippen LogP) is 4.52. The van der Waals surface area contributed by atoms with Gasteiger partial charge in [0.2, 0.25) is 0 Å². The minimum atomic E-state index is 0. The Hall–Kier alpha value is -1.72. The number of halogens is 2. The average Bonchev–Trinajstić information content (AvgIpc) is 2.63. The third kappa shape index (κ3) is 4.71. The molecule has 0 aromatic heterocycles. The van der Waals surface area contributed by atoms with Crippen molar-refractivity contribution in [3.05, 3.63) is 63.6 Å². The quantitative estimate of drug-likeness (QED) is 0.765. The van der Waals surface area contributed by atoms with Crippen LogP contribution in [-0.2, 0) is 6.54 Å². The Bertz CT molecular complexity index is 760. The highest BCUT2D eigenvalue weighted by Gasteiger charge is 2.22. The van der Waals surface area contributed by atoms with Gasteiger partial charge in [0.1, 0.15) is 0 Å². The van der Waals surface area contributed by atoms with Gasteiger partial charge in [-0.25, -0.2) is 4.79 Å². The van der Waals surface area contributed by atoms with Gasteiger partial charge in [-0.2, -0.15) is 0 Å². The Labute approximate surface area is 170 Å². The van der Waals surface area contributed by atoms with E-state index in [0.717, 1.165) is 36.2 Å². The minimum absolute atomic E-state index is 0. The number of aryl methyl sites for hydroxylation is 1. The smallest absolute Gasteiger partial charge is 0.317 e. The molecular weight excluding hydrogens is 414 g/mol. The van der Waals surface area contributed by atoms with E-state index < -0.39 is 0 Å². The number of hydrogen-bond donors (Lipinski definition) is 1. The first kappa shape index (κ1) is 20.6. The molecule has 6 heteroatoms. The number of benzene rings is 2. The summed E-state index contributed by atoms with van der Waals surface area (Å²) >= 11 is 3.52. The van der Waals surface area contributed by atoms with Crippen LogP contribution in [0.3, 0.4) is 0 Å². The van der Waals surface area contributed by atoms with Crippen LogP contribution < -0.4 is 10.2 Å². The average molecular weight is 439 g/mol. The molecule has 0 unspecified atom stereocenters. The van der Waals surface area contributed by atoms with Crippen LogP contribution in [0.15, 0.2) is 46.9 Å². The standard InChI is InChI=1S/C20H24BrN3O.ClH/c1-15-6-5-9-19(16(15)2)23-10-12-24(13-11-23)20(25)22-14-17-7-3-4-8-18(17)21;/h3-9H,10-14H2,1-2H3,(H,22,25);1H. The number of nitrogens with zero attached hydrogens (tertiary/aromatic N) is 2. The van der Waals surface area contributed by atoms with E-state index in [1.54, 1.807) is 0 Å². The third-order valence-electron chi connectivity index (χ3n) is 4.87. The topological polar surface area (TPSA) is 35.6 Å². The van der Waals surface area contributed by atoms with E-state index in [0.29, 0.717) is 6.54 Å². The fourth-order valence-electron chi connectivity index (χ4n) is 3.15. The lowest BCUT2D eigenvalue weighted by molar-refractivity contribution is 0.194. The third-order valence-corrected chi connectivity index (χ3v) is 5.65. The molecule has 0 saturated carbocycles. The Morgan fingerprint density at radius 3 is 2.42 bits per heavy atom. The van der Waals surface area contributed by atoms with Crippen LogP contribution in [0.1, 0.15) is 16.7 Å². The fraction of sp³-hybridized carbons (Fsp3) is 0.350. The summed E-state index contributed by atoms with van der Waals surface area (Å²) in [5.41, 5.74) is 5.01. The van der Waals surface area contributed by atoms with Crippen molar-refractivity contribution in [1.29, 1.82) is 0 Å². The molecule has 0 bridgehead atoms. The highest BCUT2D eigenvalue weighted by Crippen LogP contribution is 2.24. The zero-order valence-corrected chi connectivity index (χ0v) is 17.6. The maximum absolute atomic E-state index is 12.4. The van der Waals surface area contributed by atoms with Gasteiger partial charge >= 0.3 is 6.03 Å². The zero-order chi connectivity index (χ0) is 17.8. The number of carbonyl (C=O) groups excluding carboxylic acids is 1. The maximum atomic E-state index is 12.4. The number of carbonyl (C=O) groups is 1. The lowest BCUT2D eigenvalue weighted by Gasteiger charge is -2.37. The molecule has 0 spiro atoms. The molecule has 0 aliphatic carbocycles. The molecule has 2 aromatic carbocycles. The lowest BCUT2D eigenvalue weighted by Crippen LogP contribution is -2.51. The Morgan fingerprint density at radius 1 is 1.04 bits per heavy atom. The first-order valence-electron chi connectivity index (χ1n) is 8.63. The van der Waals surface area contributed by atoms with E-state index >= 15 is 0 Å². The SMILES string of the molecule is Cc1cccc(N2CCN(C(=O)NCc3ccccc3Br)CC2)c1C.Cl. The Balaban J connectivity index is 0.00000243. The fourth-order valence-corrected chi connectivity index (χ4v) is 3.58. The number of hydrogen-bond acceptors (Lipinski definition) is 2. The number of anilines is 1. The monoisotopic (exact) mass is 437 g/mol. The second-order valence-electron chi connectivity index (χ2n) is 6.44. The molecule has 1 saturated heterocycles. The van der Waals surface area contributed by atoms with Crippen LogP contribution in [0.2, 0.25) is 0 Å². The van der Waals surface area contributed by atoms with Crippen LogP contribution in [0, 0.1) is 13.8 Å². The highest BCUT2D eigenvalue weighted by molar-refractivity contribution is 9.10. The van der Waals surface area contributed by atoms with Crippen molar-refractivity contribution in [1.82, 2.24) is 10.2 Å². The minimum Gasteiger partial charge on any atom is -0.368 e. The molecule has 2 amide bonds. The zero-order valence-electron chi connectivity index (χ0n) is 15.2. The van der Waals surface area contributed by atoms with Crippen LogP contribution in [0.4, 0.5) is 10.5 Å². The molecule has 1 aliphatic rings. The molecule has 3 rings (SSSR count). The van der Waals surface area contributed by atoms with Crippen molar-refractivity contribution in [2.75, 3.05) is 31.1 Å². The summed E-state index contributed by atoms with van der Waals surface area (Å²) in [7, 11) is 0. The van der Waals surface area contributed by atoms with Crippen molar-refractivity contribution >= 4 is 40.1 Å². The van der Waals surface area contributed by atoms with Crippen molar-refractivity contribution in [2.45, 2.75) is 20.4 Å². The molecule has 0 atom stereocenters. The summed E-state index contributed by atoms with van der Waals surface area (Å²) in [6.45, 7) is 8.08. The van der Waals surface area contributed by atoms with E-state index in [-0.39, 0.29) is 18.4 Å². The van der Waals surface area contributed by atoms with Crippen molar-refractivity contribution in [3.8, 4) is 0 Å². The summed E-state index contributed by atoms with van der Waals surface area (Å²) in [6, 6.07) is 14.4. The van der Waals surface area contributed by atoms with Crippen LogP contribution in [-0.4, -0.2) is 37.1 Å². The van der Waals surface area contributed by atoms with E-state index in [1.807, 2.05) is 29.2 Å². The van der Waals surface area contributed by atoms with E-state index in [4.69, 9.17) is 0 Å². The first-order valence-corrected chi connectivity index (χ1v) is 9.43. The van der Waals surface area contributed by atoms with Crippen LogP contribution in [0.25, 0.3) is 0 Å². The molecule has 140 valence electrons. The number of nitrogens with one attached hydrogen (secondary N) is 1. The van der Waals surface area contributed by atoms with Gasteiger partial charge in [-0.1, -0.05) is 46.3 Å². The van der Waals surface area contributed by atoms with E-state index in [1.165, 1.54) is 16.8 Å². The number of amides is 2. The number of urea groups is 1. The van der Waals surface area contributed by atoms with E-state index in [2.05, 4.69) is 58.2 Å². The summed E-state index contributed by atoms with van der Waals surface area (Å²) in [4.78, 5) is 16.7. The number of piperazine rings is 1. The van der Waals surface area contributed by atoms with Gasteiger partial charge in [-0.3, -0.25) is 0 Å². The second-order valence-corrected chi connectivity index (χ2v) is 7.30. The van der Waals surface area contributed by atoms with Crippen LogP contribution >= 0.6 is 28.3 Å². The molecular formula is C20H25BrClN3O. The predicted molar refractivity (Wildman–Crippen MR) is 113 cm³/mol. The maximum Gasteiger partial charge on any atom is 0.317 e. The largest absolute Gasteiger partial charge is 0.368 e. The molecule has 1 aliphatic heterocycles. The van der Waals surface area contributed by atoms with Gasteiger partial charge in [-0.05, 0) is 42.7 Å². The van der Waals surface area contributed by atoms with Gasteiger partial charge in [0, 0.05) is 42.9 Å². The summed E-state index contributed by atoms with van der Waals surface area (Å²) in [5.74, 6) is 0. The molecule has 0 radical (unpaired) electrons. The van der Waals surface area contributed by atoms with E-state index in [9.17, 15) is 4.79 Å². The summed E-state index contributed by atoms with van der Waals surface area (Å²) in [5, 5.41) is 3.02. The Morgan fingerprint density at radius 2 is 1.73 bits per heavy atom. The first-order chi connectivity index (χ1) is 12.1. The molecule has 2 aromatic rings. The molecule has 1 fully saturated rings. The molecule has 1 heterocycles. The summed E-state index contributed by atoms with van der Waals surface area (Å²) < 4.78 is 1.02. The highest BCUT2D eigenvalue weighted by atomic mass is 79.9. The van der Waals surface area contributed by atoms with Gasteiger partial charge in [0.05, 0.1) is 0 Å². The molecule has 1 N–H and O–H groups in total. The van der Waals surface area contributed by atoms with Crippen molar-refractivity contribution in [3.63, 3.8) is 0 Å². The van der Waals surface area contributed by atoms with Gasteiger partial charge in [0.15, 0.2) is 0 Å². The van der Waals surface area contributed by atoms with Crippen molar-refractivity contribution in [2.24, 2.45) is 0 Å². The van der Waals surface area contributed by atoms with Gasteiger partial charge < -0.3 is 15.1 Å². The number of rotatable bonds is 3. The normalized spacial score (nSPS) is 14.0. The van der Waals surface area contributed by atoms with Gasteiger partial charge in [-0.15, -0.1) is 12.4 Å². The Kier molecular flexibility index (Phi) is 7.35. The van der Waals surface area contributed by atoms with Gasteiger partial charge in [0.25, 0.3) is 0 Å².